The molecule has 0 unspecified atom stereocenters. The molecule has 1 amide bonds. The molecule has 5 heteroatoms. The number of rotatable bonds is 4. The summed E-state index contributed by atoms with van der Waals surface area (Å²) in [5.74, 6) is 0.241. The Morgan fingerprint density at radius 3 is 2.34 bits per heavy atom. The molecule has 1 heterocycles. The molecule has 1 N–H and O–H groups in total. The molecule has 0 aliphatic carbocycles. The number of carbonyl (C=O) groups excluding carboxylic acids is 1. The summed E-state index contributed by atoms with van der Waals surface area (Å²) in [6.07, 6.45) is 0. The zero-order chi connectivity index (χ0) is 22.9. The molecular weight excluding hydrogens is 402 g/mol. The van der Waals surface area contributed by atoms with Gasteiger partial charge in [0, 0.05) is 10.9 Å². The van der Waals surface area contributed by atoms with E-state index in [-0.39, 0.29) is 11.3 Å². The maximum absolute atomic E-state index is 12.9. The Hall–Kier alpha value is -3.86. The van der Waals surface area contributed by atoms with E-state index in [0.717, 1.165) is 10.9 Å². The second kappa shape index (κ2) is 8.35. The first-order chi connectivity index (χ1) is 15.3. The largest absolute Gasteiger partial charge is 0.495 e. The predicted molar refractivity (Wildman–Crippen MR) is 128 cm³/mol. The highest BCUT2D eigenvalue weighted by Crippen LogP contribution is 2.31. The quantitative estimate of drug-likeness (QED) is 0.405. The van der Waals surface area contributed by atoms with Crippen molar-refractivity contribution < 1.29 is 13.9 Å². The molecule has 32 heavy (non-hydrogen) atoms. The van der Waals surface area contributed by atoms with Crippen LogP contribution in [0.1, 0.15) is 36.7 Å². The number of nitrogens with one attached hydrogen (secondary N) is 1. The molecule has 162 valence electrons. The molecule has 3 aromatic carbocycles. The number of methoxy groups -OCH3 is 1. The number of para-hydroxylation sites is 1. The van der Waals surface area contributed by atoms with E-state index in [1.54, 1.807) is 30.3 Å². The predicted octanol–water partition coefficient (Wildman–Crippen LogP) is 6.02. The van der Waals surface area contributed by atoms with E-state index in [2.05, 4.69) is 26.1 Å². The summed E-state index contributed by atoms with van der Waals surface area (Å²) in [6, 6.07) is 21.9. The second-order valence-electron chi connectivity index (χ2n) is 8.68. The van der Waals surface area contributed by atoms with Gasteiger partial charge in [0.2, 0.25) is 0 Å². The highest BCUT2D eigenvalue weighted by molar-refractivity contribution is 6.05. The van der Waals surface area contributed by atoms with E-state index in [1.165, 1.54) is 7.11 Å². The van der Waals surface area contributed by atoms with Gasteiger partial charge in [-0.25, -0.2) is 4.79 Å². The number of ether oxygens (including phenoxy) is 1. The Balaban J connectivity index is 1.68. The lowest BCUT2D eigenvalue weighted by atomic mass is 9.87. The SMILES string of the molecule is COc1ccc(-c2cc3ccccc3oc2=O)cc1NC(=O)c1ccc(C(C)(C)C)cc1. The van der Waals surface area contributed by atoms with Gasteiger partial charge in [0.1, 0.15) is 11.3 Å². The average Bonchev–Trinajstić information content (AvgIpc) is 2.78. The summed E-state index contributed by atoms with van der Waals surface area (Å²) < 4.78 is 10.9. The number of fused-ring (bicyclic) bond motifs is 1. The molecule has 4 rings (SSSR count). The Labute approximate surface area is 186 Å². The fraction of sp³-hybridized carbons (Fsp3) is 0.185. The highest BCUT2D eigenvalue weighted by Gasteiger charge is 2.16. The number of anilines is 1. The fourth-order valence-electron chi connectivity index (χ4n) is 3.55. The van der Waals surface area contributed by atoms with E-state index in [1.807, 2.05) is 42.5 Å². The van der Waals surface area contributed by atoms with Crippen molar-refractivity contribution in [1.82, 2.24) is 0 Å². The fourth-order valence-corrected chi connectivity index (χ4v) is 3.55. The van der Waals surface area contributed by atoms with Gasteiger partial charge in [-0.05, 0) is 52.9 Å². The molecule has 1 aromatic heterocycles. The third kappa shape index (κ3) is 4.28. The number of hydrogen-bond acceptors (Lipinski definition) is 4. The van der Waals surface area contributed by atoms with Gasteiger partial charge in [-0.3, -0.25) is 4.79 Å². The minimum absolute atomic E-state index is 0.00744. The normalized spacial score (nSPS) is 11.4. The van der Waals surface area contributed by atoms with Crippen LogP contribution in [0.2, 0.25) is 0 Å². The van der Waals surface area contributed by atoms with Crippen LogP contribution in [0.3, 0.4) is 0 Å². The van der Waals surface area contributed by atoms with Crippen molar-refractivity contribution in [3.8, 4) is 16.9 Å². The van der Waals surface area contributed by atoms with Gasteiger partial charge in [-0.15, -0.1) is 0 Å². The summed E-state index contributed by atoms with van der Waals surface area (Å²) in [5.41, 5.74) is 3.30. The molecular formula is C27H25NO4. The van der Waals surface area contributed by atoms with Crippen molar-refractivity contribution in [1.29, 1.82) is 0 Å². The Morgan fingerprint density at radius 1 is 0.938 bits per heavy atom. The minimum atomic E-state index is -0.441. The molecule has 0 saturated carbocycles. The monoisotopic (exact) mass is 427 g/mol. The van der Waals surface area contributed by atoms with E-state index in [0.29, 0.717) is 33.7 Å². The summed E-state index contributed by atoms with van der Waals surface area (Å²) >= 11 is 0. The molecule has 0 bridgehead atoms. The molecule has 0 saturated heterocycles. The van der Waals surface area contributed by atoms with E-state index in [4.69, 9.17) is 9.15 Å². The lowest BCUT2D eigenvalue weighted by Gasteiger charge is -2.19. The molecule has 5 nitrogen and oxygen atoms in total. The van der Waals surface area contributed by atoms with Gasteiger partial charge in [0.05, 0.1) is 18.4 Å². The maximum atomic E-state index is 12.9. The first-order valence-corrected chi connectivity index (χ1v) is 10.4. The minimum Gasteiger partial charge on any atom is -0.495 e. The van der Waals surface area contributed by atoms with Crippen molar-refractivity contribution in [3.63, 3.8) is 0 Å². The first-order valence-electron chi connectivity index (χ1n) is 10.4. The van der Waals surface area contributed by atoms with Gasteiger partial charge in [-0.1, -0.05) is 57.2 Å². The Morgan fingerprint density at radius 2 is 1.66 bits per heavy atom. The summed E-state index contributed by atoms with van der Waals surface area (Å²) in [6.45, 7) is 6.38. The summed E-state index contributed by atoms with van der Waals surface area (Å²) in [4.78, 5) is 25.5. The average molecular weight is 428 g/mol. The summed E-state index contributed by atoms with van der Waals surface area (Å²) in [5, 5.41) is 3.73. The second-order valence-corrected chi connectivity index (χ2v) is 8.68. The molecule has 0 atom stereocenters. The number of amides is 1. The zero-order valence-corrected chi connectivity index (χ0v) is 18.6. The van der Waals surface area contributed by atoms with Crippen LogP contribution in [0.25, 0.3) is 22.1 Å². The van der Waals surface area contributed by atoms with Crippen LogP contribution in [0.4, 0.5) is 5.69 Å². The van der Waals surface area contributed by atoms with Gasteiger partial charge in [0.15, 0.2) is 0 Å². The van der Waals surface area contributed by atoms with Crippen LogP contribution < -0.4 is 15.7 Å². The summed E-state index contributed by atoms with van der Waals surface area (Å²) in [7, 11) is 1.53. The van der Waals surface area contributed by atoms with Gasteiger partial charge < -0.3 is 14.5 Å². The standard InChI is InChI=1S/C27H25NO4/c1-27(2,3)20-12-9-17(10-13-20)25(29)28-22-16-18(11-14-24(22)31-4)21-15-19-7-5-6-8-23(19)32-26(21)30/h5-16H,1-4H3,(H,28,29). The van der Waals surface area contributed by atoms with Crippen LogP contribution >= 0.6 is 0 Å². The topological polar surface area (TPSA) is 68.5 Å². The van der Waals surface area contributed by atoms with Crippen LogP contribution in [0.15, 0.2) is 82.0 Å². The van der Waals surface area contributed by atoms with Crippen LogP contribution in [-0.2, 0) is 5.41 Å². The van der Waals surface area contributed by atoms with Crippen molar-refractivity contribution in [3.05, 3.63) is 94.3 Å². The number of carbonyl (C=O) groups is 1. The third-order valence-electron chi connectivity index (χ3n) is 5.41. The molecule has 4 aromatic rings. The molecule has 0 aliphatic rings. The van der Waals surface area contributed by atoms with Crippen LogP contribution in [-0.4, -0.2) is 13.0 Å². The van der Waals surface area contributed by atoms with Gasteiger partial charge in [0.25, 0.3) is 5.91 Å². The maximum Gasteiger partial charge on any atom is 0.344 e. The number of benzene rings is 3. The lowest BCUT2D eigenvalue weighted by molar-refractivity contribution is 0.102. The Kier molecular flexibility index (Phi) is 5.57. The molecule has 0 aliphatic heterocycles. The zero-order valence-electron chi connectivity index (χ0n) is 18.6. The first kappa shape index (κ1) is 21.4. The molecule has 0 radical (unpaired) electrons. The van der Waals surface area contributed by atoms with Crippen LogP contribution in [0.5, 0.6) is 5.75 Å². The van der Waals surface area contributed by atoms with Crippen molar-refractivity contribution in [2.24, 2.45) is 0 Å². The van der Waals surface area contributed by atoms with E-state index >= 15 is 0 Å². The lowest BCUT2D eigenvalue weighted by Crippen LogP contribution is -2.15. The third-order valence-corrected chi connectivity index (χ3v) is 5.41. The van der Waals surface area contributed by atoms with Crippen LogP contribution in [0, 0.1) is 0 Å². The van der Waals surface area contributed by atoms with Crippen molar-refractivity contribution in [2.75, 3.05) is 12.4 Å². The van der Waals surface area contributed by atoms with E-state index in [9.17, 15) is 9.59 Å². The highest BCUT2D eigenvalue weighted by atomic mass is 16.5. The molecule has 0 fully saturated rings. The van der Waals surface area contributed by atoms with Gasteiger partial charge >= 0.3 is 5.63 Å². The van der Waals surface area contributed by atoms with Crippen molar-refractivity contribution in [2.45, 2.75) is 26.2 Å². The number of hydrogen-bond donors (Lipinski definition) is 1. The molecule has 0 spiro atoms. The van der Waals surface area contributed by atoms with Crippen molar-refractivity contribution >= 4 is 22.6 Å². The van der Waals surface area contributed by atoms with E-state index < -0.39 is 5.63 Å². The Bertz CT molecular complexity index is 1340. The van der Waals surface area contributed by atoms with Gasteiger partial charge in [-0.2, -0.15) is 0 Å². The smallest absolute Gasteiger partial charge is 0.344 e.